The molecule has 0 aromatic carbocycles. The molecule has 1 aromatic heterocycles. The van der Waals surface area contributed by atoms with Gasteiger partial charge in [0.1, 0.15) is 11.4 Å². The number of carbonyl (C=O) groups is 2. The number of carbonyl (C=O) groups excluding carboxylic acids is 1. The lowest BCUT2D eigenvalue weighted by molar-refractivity contribution is -0.138. The molecule has 1 N–H and O–H groups in total. The van der Waals surface area contributed by atoms with Crippen LogP contribution in [0.25, 0.3) is 0 Å². The number of amides is 1. The van der Waals surface area contributed by atoms with Gasteiger partial charge in [0, 0.05) is 6.04 Å². The van der Waals surface area contributed by atoms with Gasteiger partial charge in [-0.25, -0.2) is 0 Å². The third kappa shape index (κ3) is 2.19. The normalized spacial score (nSPS) is 15.5. The molecule has 1 aliphatic rings. The van der Waals surface area contributed by atoms with Gasteiger partial charge in [-0.1, -0.05) is 4.49 Å². The van der Waals surface area contributed by atoms with E-state index in [1.807, 2.05) is 0 Å². The monoisotopic (exact) mass is 241 g/mol. The van der Waals surface area contributed by atoms with Crippen molar-refractivity contribution in [3.05, 3.63) is 11.1 Å². The van der Waals surface area contributed by atoms with Crippen LogP contribution in [0, 0.1) is 0 Å². The number of aliphatic carboxylic acids is 1. The minimum Gasteiger partial charge on any atom is -0.480 e. The molecule has 86 valence electrons. The summed E-state index contributed by atoms with van der Waals surface area (Å²) in [5.41, 5.74) is 0. The molecule has 1 fully saturated rings. The Kier molecular flexibility index (Phi) is 3.14. The third-order valence-corrected chi connectivity index (χ3v) is 3.31. The Labute approximate surface area is 96.0 Å². The van der Waals surface area contributed by atoms with Crippen molar-refractivity contribution in [2.75, 3.05) is 6.54 Å². The van der Waals surface area contributed by atoms with Crippen molar-refractivity contribution in [2.45, 2.75) is 25.3 Å². The third-order valence-electron chi connectivity index (χ3n) is 2.65. The standard InChI is InChI=1S/C9H11N3O3S/c13-8(14)5-12(6-2-1-3-6)9(15)7-4-10-11-16-7/h4,6H,1-3,5H2,(H,13,14). The first-order valence-electron chi connectivity index (χ1n) is 4.98. The summed E-state index contributed by atoms with van der Waals surface area (Å²) in [5.74, 6) is -1.26. The van der Waals surface area contributed by atoms with E-state index in [-0.39, 0.29) is 18.5 Å². The van der Waals surface area contributed by atoms with Crippen molar-refractivity contribution in [1.29, 1.82) is 0 Å². The summed E-state index contributed by atoms with van der Waals surface area (Å²) in [7, 11) is 0. The van der Waals surface area contributed by atoms with Crippen molar-refractivity contribution in [3.8, 4) is 0 Å². The number of rotatable bonds is 4. The topological polar surface area (TPSA) is 83.4 Å². The molecule has 1 aliphatic carbocycles. The molecule has 1 amide bonds. The fourth-order valence-electron chi connectivity index (χ4n) is 1.61. The number of carboxylic acid groups (broad SMARTS) is 1. The van der Waals surface area contributed by atoms with Crippen molar-refractivity contribution in [2.24, 2.45) is 0 Å². The molecule has 0 unspecified atom stereocenters. The van der Waals surface area contributed by atoms with Gasteiger partial charge in [0.05, 0.1) is 6.20 Å². The summed E-state index contributed by atoms with van der Waals surface area (Å²) in [5, 5.41) is 12.4. The highest BCUT2D eigenvalue weighted by molar-refractivity contribution is 7.07. The van der Waals surface area contributed by atoms with E-state index in [0.29, 0.717) is 4.88 Å². The summed E-state index contributed by atoms with van der Waals surface area (Å²) < 4.78 is 3.60. The molecule has 0 aliphatic heterocycles. The average Bonchev–Trinajstić information content (AvgIpc) is 2.64. The Hall–Kier alpha value is -1.50. The van der Waals surface area contributed by atoms with Crippen molar-refractivity contribution < 1.29 is 14.7 Å². The van der Waals surface area contributed by atoms with Crippen LogP contribution < -0.4 is 0 Å². The predicted molar refractivity (Wildman–Crippen MR) is 56.2 cm³/mol. The second kappa shape index (κ2) is 4.56. The Morgan fingerprint density at radius 3 is 2.75 bits per heavy atom. The van der Waals surface area contributed by atoms with Gasteiger partial charge in [0.25, 0.3) is 5.91 Å². The van der Waals surface area contributed by atoms with Gasteiger partial charge < -0.3 is 10.0 Å². The van der Waals surface area contributed by atoms with Crippen LogP contribution in [0.2, 0.25) is 0 Å². The van der Waals surface area contributed by atoms with Crippen molar-refractivity contribution in [1.82, 2.24) is 14.5 Å². The van der Waals surface area contributed by atoms with Crippen LogP contribution in [0.3, 0.4) is 0 Å². The van der Waals surface area contributed by atoms with Crippen LogP contribution in [0.15, 0.2) is 6.20 Å². The first-order chi connectivity index (χ1) is 7.68. The van der Waals surface area contributed by atoms with Crippen LogP contribution >= 0.6 is 11.5 Å². The highest BCUT2D eigenvalue weighted by Gasteiger charge is 2.31. The van der Waals surface area contributed by atoms with E-state index in [9.17, 15) is 9.59 Å². The second-order valence-electron chi connectivity index (χ2n) is 3.69. The molecule has 7 heteroatoms. The lowest BCUT2D eigenvalue weighted by atomic mass is 9.91. The number of nitrogens with zero attached hydrogens (tertiary/aromatic N) is 3. The van der Waals surface area contributed by atoms with Gasteiger partial charge in [-0.15, -0.1) is 5.10 Å². The lowest BCUT2D eigenvalue weighted by Crippen LogP contribution is -2.46. The maximum absolute atomic E-state index is 12.0. The van der Waals surface area contributed by atoms with Gasteiger partial charge in [-0.05, 0) is 30.8 Å². The molecule has 6 nitrogen and oxygen atoms in total. The molecule has 0 bridgehead atoms. The Morgan fingerprint density at radius 1 is 1.56 bits per heavy atom. The zero-order chi connectivity index (χ0) is 11.5. The number of aromatic nitrogens is 2. The predicted octanol–water partition coefficient (Wildman–Crippen LogP) is 0.617. The molecule has 0 atom stereocenters. The van der Waals surface area contributed by atoms with Gasteiger partial charge >= 0.3 is 5.97 Å². The summed E-state index contributed by atoms with van der Waals surface area (Å²) >= 11 is 0.993. The average molecular weight is 241 g/mol. The van der Waals surface area contributed by atoms with Gasteiger partial charge in [-0.3, -0.25) is 9.59 Å². The molecule has 16 heavy (non-hydrogen) atoms. The molecule has 0 saturated heterocycles. The van der Waals surface area contributed by atoms with Crippen LogP contribution in [-0.2, 0) is 4.79 Å². The lowest BCUT2D eigenvalue weighted by Gasteiger charge is -2.36. The van der Waals surface area contributed by atoms with Crippen LogP contribution in [0.5, 0.6) is 0 Å². The van der Waals surface area contributed by atoms with E-state index in [2.05, 4.69) is 9.59 Å². The summed E-state index contributed by atoms with van der Waals surface area (Å²) in [4.78, 5) is 24.5. The van der Waals surface area contributed by atoms with Crippen LogP contribution in [-0.4, -0.2) is 44.1 Å². The van der Waals surface area contributed by atoms with Gasteiger partial charge in [0.15, 0.2) is 0 Å². The molecule has 2 rings (SSSR count). The van der Waals surface area contributed by atoms with E-state index >= 15 is 0 Å². The summed E-state index contributed by atoms with van der Waals surface area (Å²) in [6.45, 7) is -0.249. The first-order valence-corrected chi connectivity index (χ1v) is 5.76. The summed E-state index contributed by atoms with van der Waals surface area (Å²) in [6.07, 6.45) is 4.19. The Balaban J connectivity index is 2.11. The minimum absolute atomic E-state index is 0.0608. The second-order valence-corrected chi connectivity index (χ2v) is 4.48. The molecule has 0 radical (unpaired) electrons. The minimum atomic E-state index is -0.988. The molecule has 1 heterocycles. The Bertz CT molecular complexity index is 389. The van der Waals surface area contributed by atoms with Gasteiger partial charge in [-0.2, -0.15) is 0 Å². The highest BCUT2D eigenvalue weighted by atomic mass is 32.1. The first kappa shape index (κ1) is 11.0. The van der Waals surface area contributed by atoms with E-state index in [4.69, 9.17) is 5.11 Å². The highest BCUT2D eigenvalue weighted by Crippen LogP contribution is 2.26. The van der Waals surface area contributed by atoms with E-state index < -0.39 is 5.97 Å². The van der Waals surface area contributed by atoms with E-state index in [1.54, 1.807) is 0 Å². The van der Waals surface area contributed by atoms with E-state index in [0.717, 1.165) is 30.8 Å². The van der Waals surface area contributed by atoms with Gasteiger partial charge in [0.2, 0.25) is 0 Å². The molecule has 1 saturated carbocycles. The fourth-order valence-corrected chi connectivity index (χ4v) is 2.09. The molecular weight excluding hydrogens is 230 g/mol. The van der Waals surface area contributed by atoms with Crippen molar-refractivity contribution in [3.63, 3.8) is 0 Å². The molecular formula is C9H11N3O3S. The summed E-state index contributed by atoms with van der Waals surface area (Å²) in [6, 6.07) is 0.0608. The number of hydrogen-bond donors (Lipinski definition) is 1. The quantitative estimate of drug-likeness (QED) is 0.835. The SMILES string of the molecule is O=C(O)CN(C(=O)c1cnns1)C1CCC1. The van der Waals surface area contributed by atoms with E-state index in [1.165, 1.54) is 11.1 Å². The van der Waals surface area contributed by atoms with Crippen molar-refractivity contribution >= 4 is 23.4 Å². The Morgan fingerprint density at radius 2 is 2.31 bits per heavy atom. The largest absolute Gasteiger partial charge is 0.480 e. The molecule has 0 spiro atoms. The zero-order valence-corrected chi connectivity index (χ0v) is 9.31. The maximum atomic E-state index is 12.0. The number of hydrogen-bond acceptors (Lipinski definition) is 5. The molecule has 1 aromatic rings. The fraction of sp³-hybridized carbons (Fsp3) is 0.556. The number of carboxylic acids is 1. The maximum Gasteiger partial charge on any atom is 0.323 e. The zero-order valence-electron chi connectivity index (χ0n) is 8.50. The smallest absolute Gasteiger partial charge is 0.323 e. The van der Waals surface area contributed by atoms with Crippen LogP contribution in [0.1, 0.15) is 28.9 Å². The van der Waals surface area contributed by atoms with Crippen LogP contribution in [0.4, 0.5) is 0 Å².